The zero-order valence-electron chi connectivity index (χ0n) is 7.01. The Kier molecular flexibility index (Phi) is 3.51. The molecule has 3 nitrogen and oxygen atoms in total. The van der Waals surface area contributed by atoms with Crippen LogP contribution < -0.4 is 5.73 Å². The molecule has 1 rings (SSSR count). The van der Waals surface area contributed by atoms with Crippen molar-refractivity contribution in [3.8, 4) is 0 Å². The second-order valence-electron chi connectivity index (χ2n) is 2.55. The first-order valence-corrected chi connectivity index (χ1v) is 4.81. The third kappa shape index (κ3) is 2.06. The second kappa shape index (κ2) is 4.45. The van der Waals surface area contributed by atoms with E-state index in [1.165, 1.54) is 6.07 Å². The maximum absolute atomic E-state index is 12.4. The number of aldehydes is 1. The monoisotopic (exact) mass is 264 g/mol. The summed E-state index contributed by atoms with van der Waals surface area (Å²) < 4.78 is 24.8. The molecular formula is C8H7BrF2N2O. The number of pyridine rings is 1. The lowest BCUT2D eigenvalue weighted by Gasteiger charge is -2.08. The average Bonchev–Trinajstić information content (AvgIpc) is 2.15. The number of aromatic nitrogens is 1. The Bertz CT molecular complexity index is 357. The molecule has 0 aliphatic rings. The van der Waals surface area contributed by atoms with Crippen molar-refractivity contribution in [3.63, 3.8) is 0 Å². The third-order valence-corrected chi connectivity index (χ3v) is 2.23. The second-order valence-corrected chi connectivity index (χ2v) is 3.11. The van der Waals surface area contributed by atoms with E-state index in [4.69, 9.17) is 5.73 Å². The molecule has 2 N–H and O–H groups in total. The Hall–Kier alpha value is -1.04. The number of rotatable bonds is 3. The Morgan fingerprint density at radius 1 is 1.64 bits per heavy atom. The van der Waals surface area contributed by atoms with Crippen LogP contribution in [0.2, 0.25) is 0 Å². The van der Waals surface area contributed by atoms with Gasteiger partial charge in [-0.1, -0.05) is 15.9 Å². The minimum Gasteiger partial charge on any atom is -0.383 e. The molecule has 0 aromatic carbocycles. The van der Waals surface area contributed by atoms with Gasteiger partial charge in [0, 0.05) is 10.9 Å². The Balaban J connectivity index is 3.34. The number of alkyl halides is 3. The summed E-state index contributed by atoms with van der Waals surface area (Å²) in [6, 6.07) is 1.29. The van der Waals surface area contributed by atoms with E-state index in [-0.39, 0.29) is 11.4 Å². The van der Waals surface area contributed by atoms with Gasteiger partial charge in [-0.15, -0.1) is 0 Å². The highest BCUT2D eigenvalue weighted by atomic mass is 79.9. The van der Waals surface area contributed by atoms with Gasteiger partial charge in [-0.05, 0) is 6.07 Å². The summed E-state index contributed by atoms with van der Waals surface area (Å²) in [6.45, 7) is 0. The Labute approximate surface area is 87.4 Å². The molecule has 1 heterocycles. The summed E-state index contributed by atoms with van der Waals surface area (Å²) in [7, 11) is 0. The Morgan fingerprint density at radius 2 is 2.29 bits per heavy atom. The summed E-state index contributed by atoms with van der Waals surface area (Å²) in [5.41, 5.74) is 5.15. The molecule has 0 spiro atoms. The van der Waals surface area contributed by atoms with Gasteiger partial charge in [0.1, 0.15) is 5.82 Å². The van der Waals surface area contributed by atoms with Crippen LogP contribution in [0, 0.1) is 0 Å². The molecule has 0 aliphatic heterocycles. The number of hydrogen-bond donors (Lipinski definition) is 1. The van der Waals surface area contributed by atoms with Gasteiger partial charge in [-0.2, -0.15) is 0 Å². The fraction of sp³-hybridized carbons (Fsp3) is 0.250. The van der Waals surface area contributed by atoms with Crippen LogP contribution in [0.1, 0.15) is 28.0 Å². The highest BCUT2D eigenvalue weighted by Gasteiger charge is 2.18. The van der Waals surface area contributed by atoms with Crippen molar-refractivity contribution >= 4 is 28.0 Å². The van der Waals surface area contributed by atoms with E-state index in [9.17, 15) is 13.6 Å². The minimum absolute atomic E-state index is 0.109. The van der Waals surface area contributed by atoms with E-state index in [2.05, 4.69) is 20.9 Å². The molecule has 1 aromatic rings. The molecule has 0 aliphatic carbocycles. The lowest BCUT2D eigenvalue weighted by molar-refractivity contribution is 0.110. The van der Waals surface area contributed by atoms with Gasteiger partial charge in [0.15, 0.2) is 6.29 Å². The number of carbonyl (C=O) groups excluding carboxylic acids is 1. The van der Waals surface area contributed by atoms with Gasteiger partial charge in [0.05, 0.1) is 11.3 Å². The summed E-state index contributed by atoms with van der Waals surface area (Å²) in [6.07, 6.45) is -2.43. The molecule has 0 atom stereocenters. The van der Waals surface area contributed by atoms with Gasteiger partial charge in [0.25, 0.3) is 6.43 Å². The summed E-state index contributed by atoms with van der Waals surface area (Å²) >= 11 is 3.10. The molecule has 0 fully saturated rings. The van der Waals surface area contributed by atoms with Crippen molar-refractivity contribution in [2.45, 2.75) is 11.8 Å². The topological polar surface area (TPSA) is 56.0 Å². The predicted octanol–water partition coefficient (Wildman–Crippen LogP) is 2.31. The van der Waals surface area contributed by atoms with Gasteiger partial charge >= 0.3 is 0 Å². The third-order valence-electron chi connectivity index (χ3n) is 1.66. The highest BCUT2D eigenvalue weighted by Crippen LogP contribution is 2.27. The minimum atomic E-state index is -2.79. The van der Waals surface area contributed by atoms with E-state index in [0.29, 0.717) is 17.3 Å². The zero-order chi connectivity index (χ0) is 10.7. The fourth-order valence-corrected chi connectivity index (χ4v) is 1.34. The largest absolute Gasteiger partial charge is 0.383 e. The molecule has 0 bridgehead atoms. The van der Waals surface area contributed by atoms with Crippen LogP contribution >= 0.6 is 15.9 Å². The molecule has 1 aromatic heterocycles. The predicted molar refractivity (Wildman–Crippen MR) is 51.6 cm³/mol. The van der Waals surface area contributed by atoms with Crippen LogP contribution in [0.3, 0.4) is 0 Å². The van der Waals surface area contributed by atoms with E-state index in [0.717, 1.165) is 0 Å². The van der Waals surface area contributed by atoms with E-state index < -0.39 is 12.0 Å². The van der Waals surface area contributed by atoms with Gasteiger partial charge in [-0.3, -0.25) is 4.79 Å². The van der Waals surface area contributed by atoms with Crippen molar-refractivity contribution in [1.82, 2.24) is 4.98 Å². The smallest absolute Gasteiger partial charge is 0.268 e. The number of anilines is 1. The van der Waals surface area contributed by atoms with Gasteiger partial charge < -0.3 is 5.73 Å². The highest BCUT2D eigenvalue weighted by molar-refractivity contribution is 9.08. The number of nitrogens with zero attached hydrogens (tertiary/aromatic N) is 1. The fourth-order valence-electron chi connectivity index (χ4n) is 1.06. The summed E-state index contributed by atoms with van der Waals surface area (Å²) in [5.74, 6) is -0.293. The molecule has 0 radical (unpaired) electrons. The molecule has 6 heteroatoms. The number of carbonyl (C=O) groups is 1. The zero-order valence-corrected chi connectivity index (χ0v) is 8.59. The molecular weight excluding hydrogens is 258 g/mol. The first-order valence-electron chi connectivity index (χ1n) is 3.68. The van der Waals surface area contributed by atoms with Gasteiger partial charge in [0.2, 0.25) is 0 Å². The first-order chi connectivity index (χ1) is 6.60. The van der Waals surface area contributed by atoms with Crippen LogP contribution in [-0.4, -0.2) is 11.3 Å². The van der Waals surface area contributed by atoms with E-state index in [1.807, 2.05) is 0 Å². The quantitative estimate of drug-likeness (QED) is 0.674. The van der Waals surface area contributed by atoms with Crippen LogP contribution in [-0.2, 0) is 5.33 Å². The number of nitrogen functional groups attached to an aromatic ring is 1. The number of halogens is 3. The van der Waals surface area contributed by atoms with Crippen LogP contribution in [0.25, 0.3) is 0 Å². The standard InChI is InChI=1S/C8H7BrF2N2O/c9-2-5-1-4(3-14)6(7(10)11)8(12)13-5/h1,3,7H,2H2,(H2,12,13). The SMILES string of the molecule is Nc1nc(CBr)cc(C=O)c1C(F)F. The van der Waals surface area contributed by atoms with Crippen molar-refractivity contribution in [3.05, 3.63) is 22.9 Å². The molecule has 14 heavy (non-hydrogen) atoms. The van der Waals surface area contributed by atoms with Crippen molar-refractivity contribution in [2.24, 2.45) is 0 Å². The lowest BCUT2D eigenvalue weighted by Crippen LogP contribution is -2.05. The molecule has 0 amide bonds. The average molecular weight is 265 g/mol. The van der Waals surface area contributed by atoms with Crippen LogP contribution in [0.4, 0.5) is 14.6 Å². The van der Waals surface area contributed by atoms with Crippen molar-refractivity contribution < 1.29 is 13.6 Å². The van der Waals surface area contributed by atoms with Gasteiger partial charge in [-0.25, -0.2) is 13.8 Å². The molecule has 0 saturated heterocycles. The summed E-state index contributed by atoms with van der Waals surface area (Å²) in [4.78, 5) is 14.2. The summed E-state index contributed by atoms with van der Waals surface area (Å²) in [5, 5.41) is 0.363. The van der Waals surface area contributed by atoms with E-state index in [1.54, 1.807) is 0 Å². The van der Waals surface area contributed by atoms with Crippen LogP contribution in [0.5, 0.6) is 0 Å². The van der Waals surface area contributed by atoms with Crippen molar-refractivity contribution in [1.29, 1.82) is 0 Å². The first kappa shape index (κ1) is 11.0. The Morgan fingerprint density at radius 3 is 2.71 bits per heavy atom. The normalized spacial score (nSPS) is 10.6. The molecule has 76 valence electrons. The maximum atomic E-state index is 12.4. The number of nitrogens with two attached hydrogens (primary N) is 1. The van der Waals surface area contributed by atoms with Crippen molar-refractivity contribution in [2.75, 3.05) is 5.73 Å². The lowest BCUT2D eigenvalue weighted by atomic mass is 10.1. The molecule has 0 unspecified atom stereocenters. The molecule has 0 saturated carbocycles. The van der Waals surface area contributed by atoms with E-state index >= 15 is 0 Å². The van der Waals surface area contributed by atoms with Crippen LogP contribution in [0.15, 0.2) is 6.07 Å². The number of hydrogen-bond acceptors (Lipinski definition) is 3. The maximum Gasteiger partial charge on any atom is 0.268 e.